The Labute approximate surface area is 177 Å². The highest BCUT2D eigenvalue weighted by atomic mass is 19.1. The lowest BCUT2D eigenvalue weighted by atomic mass is 10.0. The van der Waals surface area contributed by atoms with Gasteiger partial charge in [-0.25, -0.2) is 14.4 Å². The first-order valence-corrected chi connectivity index (χ1v) is 10.2. The Morgan fingerprint density at radius 2 is 1.70 bits per heavy atom. The van der Waals surface area contributed by atoms with Crippen molar-refractivity contribution in [3.8, 4) is 22.5 Å². The fourth-order valence-corrected chi connectivity index (χ4v) is 3.17. The fraction of sp³-hybridized carbons (Fsp3) is 0.231. The van der Waals surface area contributed by atoms with Crippen molar-refractivity contribution in [3.05, 3.63) is 90.5 Å². The summed E-state index contributed by atoms with van der Waals surface area (Å²) in [6.45, 7) is 5.50. The third-order valence-corrected chi connectivity index (χ3v) is 4.85. The lowest BCUT2D eigenvalue weighted by molar-refractivity contribution is 0.182. The Balaban J connectivity index is 1.68. The molecule has 2 aromatic carbocycles. The highest BCUT2D eigenvalue weighted by Gasteiger charge is 2.06. The molecule has 0 bridgehead atoms. The van der Waals surface area contributed by atoms with Gasteiger partial charge in [-0.1, -0.05) is 54.6 Å². The zero-order chi connectivity index (χ0) is 21.3. The van der Waals surface area contributed by atoms with Gasteiger partial charge in [-0.05, 0) is 55.4 Å². The Morgan fingerprint density at radius 1 is 1.03 bits per heavy atom. The number of nitrogens with zero attached hydrogens (tertiary/aromatic N) is 2. The second-order valence-corrected chi connectivity index (χ2v) is 7.40. The molecule has 3 rings (SSSR count). The molecule has 0 aliphatic carbocycles. The zero-order valence-corrected chi connectivity index (χ0v) is 17.3. The summed E-state index contributed by atoms with van der Waals surface area (Å²) < 4.78 is 14.5. The predicted molar refractivity (Wildman–Crippen MR) is 121 cm³/mol. The van der Waals surface area contributed by atoms with Crippen LogP contribution in [0, 0.1) is 5.82 Å². The third-order valence-electron chi connectivity index (χ3n) is 4.85. The quantitative estimate of drug-likeness (QED) is 0.340. The van der Waals surface area contributed by atoms with Gasteiger partial charge in [0.1, 0.15) is 5.82 Å². The van der Waals surface area contributed by atoms with E-state index in [4.69, 9.17) is 0 Å². The number of hydrogen-bond acceptors (Lipinski definition) is 3. The van der Waals surface area contributed by atoms with E-state index in [9.17, 15) is 9.50 Å². The molecule has 1 atom stereocenters. The maximum Gasteiger partial charge on any atom is 0.159 e. The highest BCUT2D eigenvalue weighted by molar-refractivity contribution is 5.69. The number of hydrogen-bond donors (Lipinski definition) is 1. The number of aliphatic hydroxyl groups is 1. The van der Waals surface area contributed by atoms with E-state index in [2.05, 4.69) is 16.5 Å². The van der Waals surface area contributed by atoms with Crippen LogP contribution in [0.4, 0.5) is 4.39 Å². The van der Waals surface area contributed by atoms with E-state index in [0.29, 0.717) is 11.4 Å². The highest BCUT2D eigenvalue weighted by Crippen LogP contribution is 2.25. The molecule has 0 radical (unpaired) electrons. The summed E-state index contributed by atoms with van der Waals surface area (Å²) in [4.78, 5) is 8.81. The van der Waals surface area contributed by atoms with Crippen molar-refractivity contribution < 1.29 is 9.50 Å². The number of unbranched alkanes of at least 4 members (excludes halogenated alkanes) is 1. The number of aromatic nitrogens is 2. The van der Waals surface area contributed by atoms with Crippen LogP contribution in [0.3, 0.4) is 0 Å². The standard InChI is InChI=1S/C26H27FN2O/c1-3-7-20-17-28-26(29-18-20)23-13-10-21(11-14-23)24-15-12-22(25(27)16-24)9-6-4-5-8-19(2)30/h3,6,9-19,30H,1,4-5,7-8H2,2H3. The first kappa shape index (κ1) is 21.6. The topological polar surface area (TPSA) is 46.0 Å². The molecule has 3 nitrogen and oxygen atoms in total. The number of rotatable bonds is 9. The van der Waals surface area contributed by atoms with Crippen LogP contribution in [0.5, 0.6) is 0 Å². The van der Waals surface area contributed by atoms with Crippen molar-refractivity contribution in [3.63, 3.8) is 0 Å². The van der Waals surface area contributed by atoms with Gasteiger partial charge in [0.25, 0.3) is 0 Å². The fourth-order valence-electron chi connectivity index (χ4n) is 3.17. The van der Waals surface area contributed by atoms with Gasteiger partial charge in [0.15, 0.2) is 5.82 Å². The van der Waals surface area contributed by atoms with E-state index in [0.717, 1.165) is 47.9 Å². The van der Waals surface area contributed by atoms with Crippen LogP contribution in [-0.2, 0) is 6.42 Å². The number of benzene rings is 2. The minimum atomic E-state index is -0.288. The maximum atomic E-state index is 14.5. The molecular weight excluding hydrogens is 375 g/mol. The van der Waals surface area contributed by atoms with Crippen molar-refractivity contribution in [2.75, 3.05) is 0 Å². The Hall–Kier alpha value is -3.11. The second kappa shape index (κ2) is 10.6. The van der Waals surface area contributed by atoms with E-state index in [1.54, 1.807) is 25.1 Å². The first-order chi connectivity index (χ1) is 14.6. The molecule has 1 heterocycles. The van der Waals surface area contributed by atoms with Crippen molar-refractivity contribution in [2.45, 2.75) is 38.7 Å². The molecule has 0 fully saturated rings. The molecule has 0 aliphatic rings. The van der Waals surface area contributed by atoms with E-state index in [1.165, 1.54) is 0 Å². The van der Waals surface area contributed by atoms with Gasteiger partial charge < -0.3 is 5.11 Å². The molecule has 1 unspecified atom stereocenters. The Morgan fingerprint density at radius 3 is 2.33 bits per heavy atom. The van der Waals surface area contributed by atoms with E-state index >= 15 is 0 Å². The summed E-state index contributed by atoms with van der Waals surface area (Å²) in [5, 5.41) is 9.27. The van der Waals surface area contributed by atoms with Gasteiger partial charge in [-0.3, -0.25) is 0 Å². The monoisotopic (exact) mass is 402 g/mol. The largest absolute Gasteiger partial charge is 0.393 e. The van der Waals surface area contributed by atoms with Crippen LogP contribution in [0.15, 0.2) is 73.6 Å². The predicted octanol–water partition coefficient (Wildman–Crippen LogP) is 6.24. The smallest absolute Gasteiger partial charge is 0.159 e. The molecule has 4 heteroatoms. The van der Waals surface area contributed by atoms with Gasteiger partial charge in [0.05, 0.1) is 6.10 Å². The third kappa shape index (κ3) is 5.94. The van der Waals surface area contributed by atoms with Crippen LogP contribution in [0.2, 0.25) is 0 Å². The van der Waals surface area contributed by atoms with Crippen LogP contribution >= 0.6 is 0 Å². The van der Waals surface area contributed by atoms with Crippen molar-refractivity contribution in [2.24, 2.45) is 0 Å². The molecule has 1 N–H and O–H groups in total. The molecule has 3 aromatic rings. The van der Waals surface area contributed by atoms with Crippen LogP contribution in [0.1, 0.15) is 37.3 Å². The van der Waals surface area contributed by atoms with Crippen molar-refractivity contribution in [1.29, 1.82) is 0 Å². The molecule has 0 saturated heterocycles. The van der Waals surface area contributed by atoms with Crippen LogP contribution in [0.25, 0.3) is 28.6 Å². The molecular formula is C26H27FN2O. The molecule has 0 saturated carbocycles. The van der Waals surface area contributed by atoms with Gasteiger partial charge in [-0.2, -0.15) is 0 Å². The van der Waals surface area contributed by atoms with Gasteiger partial charge in [0, 0.05) is 23.5 Å². The lowest BCUT2D eigenvalue weighted by Crippen LogP contribution is -1.97. The molecule has 0 aliphatic heterocycles. The summed E-state index contributed by atoms with van der Waals surface area (Å²) in [7, 11) is 0. The SMILES string of the molecule is C=CCc1cnc(-c2ccc(-c3ccc(C=CCCCC(C)O)c(F)c3)cc2)nc1. The molecule has 154 valence electrons. The van der Waals surface area contributed by atoms with E-state index in [1.807, 2.05) is 54.9 Å². The van der Waals surface area contributed by atoms with E-state index < -0.39 is 0 Å². The zero-order valence-electron chi connectivity index (χ0n) is 17.3. The average Bonchev–Trinajstić information content (AvgIpc) is 2.75. The Bertz CT molecular complexity index is 993. The van der Waals surface area contributed by atoms with Gasteiger partial charge in [0.2, 0.25) is 0 Å². The van der Waals surface area contributed by atoms with E-state index in [-0.39, 0.29) is 11.9 Å². The van der Waals surface area contributed by atoms with Gasteiger partial charge in [-0.15, -0.1) is 6.58 Å². The van der Waals surface area contributed by atoms with Crippen molar-refractivity contribution in [1.82, 2.24) is 9.97 Å². The summed E-state index contributed by atoms with van der Waals surface area (Å²) in [5.41, 5.74) is 4.28. The number of halogens is 1. The Kier molecular flexibility index (Phi) is 7.63. The maximum absolute atomic E-state index is 14.5. The van der Waals surface area contributed by atoms with Crippen molar-refractivity contribution >= 4 is 6.08 Å². The average molecular weight is 403 g/mol. The number of allylic oxidation sites excluding steroid dienone is 2. The molecule has 0 amide bonds. The molecule has 1 aromatic heterocycles. The van der Waals surface area contributed by atoms with Gasteiger partial charge >= 0.3 is 0 Å². The molecule has 30 heavy (non-hydrogen) atoms. The van der Waals surface area contributed by atoms with Crippen LogP contribution < -0.4 is 0 Å². The number of aliphatic hydroxyl groups excluding tert-OH is 1. The summed E-state index contributed by atoms with van der Waals surface area (Å²) in [5.74, 6) is 0.418. The minimum absolute atomic E-state index is 0.246. The molecule has 0 spiro atoms. The second-order valence-electron chi connectivity index (χ2n) is 7.40. The summed E-state index contributed by atoms with van der Waals surface area (Å²) in [6, 6.07) is 13.1. The lowest BCUT2D eigenvalue weighted by Gasteiger charge is -2.06. The normalized spacial score (nSPS) is 12.2. The summed E-state index contributed by atoms with van der Waals surface area (Å²) in [6.07, 6.45) is 12.1. The minimum Gasteiger partial charge on any atom is -0.393 e. The first-order valence-electron chi connectivity index (χ1n) is 10.2. The summed E-state index contributed by atoms with van der Waals surface area (Å²) >= 11 is 0. The van der Waals surface area contributed by atoms with Crippen LogP contribution in [-0.4, -0.2) is 21.2 Å².